The van der Waals surface area contributed by atoms with Gasteiger partial charge in [-0.15, -0.1) is 0 Å². The molecule has 1 saturated heterocycles. The molecule has 2 saturated carbocycles. The minimum absolute atomic E-state index is 0.0310. The third-order valence-electron chi connectivity index (χ3n) is 11.0. The zero-order chi connectivity index (χ0) is 35.3. The Balaban J connectivity index is 1.01. The molecule has 51 heavy (non-hydrogen) atoms. The molecule has 2 amide bonds. The molecule has 2 bridgehead atoms. The Morgan fingerprint density at radius 1 is 0.627 bits per heavy atom. The van der Waals surface area contributed by atoms with Crippen LogP contribution in [0.2, 0.25) is 18.6 Å². The number of amides is 2. The molecule has 5 aromatic rings. The van der Waals surface area contributed by atoms with Gasteiger partial charge in [-0.05, 0) is 103 Å². The molecule has 9 heteroatoms. The predicted molar refractivity (Wildman–Crippen MR) is 202 cm³/mol. The molecular weight excluding hydrogens is 671 g/mol. The molecule has 7 nitrogen and oxygen atoms in total. The SMILES string of the molecule is Cc1cccc(Oc2cccc(Oc3cccc(N4C(=O)C5C6CC(C5C4=O)C([Si](C)(C)O[Si](O)(c4ccccc4)c4ccccc4)C6)c3)c2)c1. The summed E-state index contributed by atoms with van der Waals surface area (Å²) in [5.74, 6) is 1.64. The highest BCUT2D eigenvalue weighted by Gasteiger charge is 2.67. The summed E-state index contributed by atoms with van der Waals surface area (Å²) in [6.45, 7) is 6.37. The van der Waals surface area contributed by atoms with Crippen LogP contribution in [0.3, 0.4) is 0 Å². The first kappa shape index (κ1) is 33.3. The van der Waals surface area contributed by atoms with Crippen molar-refractivity contribution in [1.29, 1.82) is 0 Å². The number of fused-ring (bicyclic) bond motifs is 5. The first-order valence-electron chi connectivity index (χ1n) is 17.6. The maximum absolute atomic E-state index is 14.3. The number of carbonyl (C=O) groups is 2. The molecule has 1 N–H and O–H groups in total. The summed E-state index contributed by atoms with van der Waals surface area (Å²) >= 11 is 0. The number of hydrogen-bond acceptors (Lipinski definition) is 6. The summed E-state index contributed by atoms with van der Waals surface area (Å²) in [5.41, 5.74) is 1.76. The molecule has 5 aromatic carbocycles. The Morgan fingerprint density at radius 2 is 1.16 bits per heavy atom. The summed E-state index contributed by atoms with van der Waals surface area (Å²) < 4.78 is 19.3. The zero-order valence-electron chi connectivity index (χ0n) is 28.9. The number of hydrogen-bond donors (Lipinski definition) is 1. The van der Waals surface area contributed by atoms with Crippen molar-refractivity contribution in [2.45, 2.75) is 38.4 Å². The number of aryl methyl sites for hydroxylation is 1. The Labute approximate surface area is 300 Å². The minimum atomic E-state index is -3.55. The Kier molecular flexibility index (Phi) is 8.54. The lowest BCUT2D eigenvalue weighted by Gasteiger charge is -2.42. The average Bonchev–Trinajstić information content (AvgIpc) is 3.80. The largest absolute Gasteiger partial charge is 0.457 e. The Hall–Kier alpha value is -4.81. The van der Waals surface area contributed by atoms with Crippen molar-refractivity contribution in [2.24, 2.45) is 23.7 Å². The molecule has 3 aliphatic rings. The van der Waals surface area contributed by atoms with E-state index in [4.69, 9.17) is 13.6 Å². The fourth-order valence-electron chi connectivity index (χ4n) is 8.82. The molecule has 1 heterocycles. The molecule has 0 aromatic heterocycles. The standard InChI is InChI=1S/C42H41NO6Si2/c1-28-13-10-15-31(23-28)47-33-17-12-18-34(27-33)48-32-16-11-14-30(26-32)43-41(44)39-29-24-37(40(39)42(43)45)38(25-29)50(2,3)49-51(46,35-19-6-4-7-20-35)36-21-8-5-9-22-36/h4-23,26-27,29,37-40,46H,24-25H2,1-3H3. The van der Waals surface area contributed by atoms with E-state index in [1.165, 1.54) is 4.90 Å². The van der Waals surface area contributed by atoms with Gasteiger partial charge in [-0.25, -0.2) is 4.90 Å². The second-order valence-corrected chi connectivity index (χ2v) is 21.8. The molecule has 0 radical (unpaired) electrons. The van der Waals surface area contributed by atoms with Gasteiger partial charge < -0.3 is 18.4 Å². The first-order chi connectivity index (χ1) is 24.6. The van der Waals surface area contributed by atoms with Crippen molar-refractivity contribution >= 4 is 44.8 Å². The number of benzene rings is 5. The average molecular weight is 712 g/mol. The first-order valence-corrected chi connectivity index (χ1v) is 22.5. The molecule has 2 aliphatic carbocycles. The van der Waals surface area contributed by atoms with E-state index in [0.717, 1.165) is 34.5 Å². The third kappa shape index (κ3) is 6.14. The summed E-state index contributed by atoms with van der Waals surface area (Å²) in [5, 5.41) is 1.62. The van der Waals surface area contributed by atoms with Gasteiger partial charge >= 0.3 is 8.56 Å². The summed E-state index contributed by atoms with van der Waals surface area (Å²) in [7, 11) is -6.17. The highest BCUT2D eigenvalue weighted by molar-refractivity contribution is 6.97. The van der Waals surface area contributed by atoms with Gasteiger partial charge in [0, 0.05) is 12.1 Å². The highest BCUT2D eigenvalue weighted by Crippen LogP contribution is 2.64. The fraction of sp³-hybridized carbons (Fsp3) is 0.238. The molecule has 258 valence electrons. The van der Waals surface area contributed by atoms with Gasteiger partial charge in [-0.3, -0.25) is 9.59 Å². The van der Waals surface area contributed by atoms with Crippen molar-refractivity contribution in [2.75, 3.05) is 4.90 Å². The number of anilines is 1. The van der Waals surface area contributed by atoms with Crippen molar-refractivity contribution in [3.63, 3.8) is 0 Å². The van der Waals surface area contributed by atoms with Gasteiger partial charge in [0.2, 0.25) is 11.8 Å². The maximum Gasteiger partial charge on any atom is 0.394 e. The van der Waals surface area contributed by atoms with Crippen LogP contribution < -0.4 is 24.7 Å². The molecular formula is C42H41NO6Si2. The normalized spacial score (nSPS) is 22.7. The van der Waals surface area contributed by atoms with Crippen LogP contribution in [-0.2, 0) is 13.7 Å². The van der Waals surface area contributed by atoms with E-state index in [2.05, 4.69) is 13.1 Å². The second kappa shape index (κ2) is 13.1. The number of ether oxygens (including phenoxy) is 2. The van der Waals surface area contributed by atoms with Gasteiger partial charge in [0.25, 0.3) is 0 Å². The van der Waals surface area contributed by atoms with E-state index < -0.39 is 16.9 Å². The van der Waals surface area contributed by atoms with E-state index in [9.17, 15) is 14.4 Å². The number of imide groups is 1. The van der Waals surface area contributed by atoms with Crippen LogP contribution in [0, 0.1) is 30.6 Å². The summed E-state index contributed by atoms with van der Waals surface area (Å²) in [6.07, 6.45) is 1.67. The van der Waals surface area contributed by atoms with Crippen molar-refractivity contribution < 1.29 is 28.0 Å². The van der Waals surface area contributed by atoms with Crippen LogP contribution in [0.4, 0.5) is 5.69 Å². The van der Waals surface area contributed by atoms with Gasteiger partial charge in [-0.2, -0.15) is 0 Å². The maximum atomic E-state index is 14.3. The van der Waals surface area contributed by atoms with E-state index in [-0.39, 0.29) is 41.0 Å². The van der Waals surface area contributed by atoms with Gasteiger partial charge in [0.1, 0.15) is 23.0 Å². The predicted octanol–water partition coefficient (Wildman–Crippen LogP) is 7.57. The molecule has 8 rings (SSSR count). The number of nitrogens with zero attached hydrogens (tertiary/aromatic N) is 1. The van der Waals surface area contributed by atoms with Crippen LogP contribution in [0.1, 0.15) is 18.4 Å². The van der Waals surface area contributed by atoms with E-state index in [0.29, 0.717) is 22.9 Å². The lowest BCUT2D eigenvalue weighted by atomic mass is 9.81. The van der Waals surface area contributed by atoms with Crippen LogP contribution in [0.5, 0.6) is 23.0 Å². The number of carbonyl (C=O) groups excluding carboxylic acids is 2. The molecule has 1 aliphatic heterocycles. The molecule has 5 unspecified atom stereocenters. The minimum Gasteiger partial charge on any atom is -0.457 e. The second-order valence-electron chi connectivity index (χ2n) is 14.6. The summed E-state index contributed by atoms with van der Waals surface area (Å²) in [4.78, 5) is 42.1. The van der Waals surface area contributed by atoms with Gasteiger partial charge in [0.15, 0.2) is 8.32 Å². The van der Waals surface area contributed by atoms with Crippen molar-refractivity contribution in [1.82, 2.24) is 0 Å². The Bertz CT molecular complexity index is 2050. The quantitative estimate of drug-likeness (QED) is 0.119. The van der Waals surface area contributed by atoms with Crippen LogP contribution >= 0.6 is 0 Å². The molecule has 5 atom stereocenters. The molecule has 3 fully saturated rings. The highest BCUT2D eigenvalue weighted by atomic mass is 28.4. The van der Waals surface area contributed by atoms with E-state index in [1.54, 1.807) is 12.1 Å². The Morgan fingerprint density at radius 3 is 1.76 bits per heavy atom. The van der Waals surface area contributed by atoms with Crippen LogP contribution in [-0.4, -0.2) is 33.5 Å². The topological polar surface area (TPSA) is 85.3 Å². The van der Waals surface area contributed by atoms with Crippen molar-refractivity contribution in [3.05, 3.63) is 139 Å². The smallest absolute Gasteiger partial charge is 0.394 e. The lowest BCUT2D eigenvalue weighted by Crippen LogP contribution is -2.66. The zero-order valence-corrected chi connectivity index (χ0v) is 30.9. The van der Waals surface area contributed by atoms with Crippen LogP contribution in [0.25, 0.3) is 0 Å². The van der Waals surface area contributed by atoms with E-state index >= 15 is 0 Å². The fourth-order valence-corrected chi connectivity index (χ4v) is 17.3. The third-order valence-corrected chi connectivity index (χ3v) is 19.0. The van der Waals surface area contributed by atoms with E-state index in [1.807, 2.05) is 128 Å². The molecule has 0 spiro atoms. The van der Waals surface area contributed by atoms with Crippen LogP contribution in [0.15, 0.2) is 133 Å². The summed E-state index contributed by atoms with van der Waals surface area (Å²) in [6, 6.07) is 41.9. The van der Waals surface area contributed by atoms with Gasteiger partial charge in [-0.1, -0.05) is 84.9 Å². The van der Waals surface area contributed by atoms with Gasteiger partial charge in [0.05, 0.1) is 17.5 Å². The number of rotatable bonds is 10. The van der Waals surface area contributed by atoms with Crippen molar-refractivity contribution in [3.8, 4) is 23.0 Å². The lowest BCUT2D eigenvalue weighted by molar-refractivity contribution is -0.123. The monoisotopic (exact) mass is 711 g/mol.